The Morgan fingerprint density at radius 3 is 2.90 bits per heavy atom. The summed E-state index contributed by atoms with van der Waals surface area (Å²) in [6.07, 6.45) is 1.30. The number of aromatic nitrogens is 3. The van der Waals surface area contributed by atoms with Crippen LogP contribution in [0.4, 0.5) is 21.6 Å². The third-order valence-electron chi connectivity index (χ3n) is 5.64. The Kier molecular flexibility index (Phi) is 5.29. The van der Waals surface area contributed by atoms with E-state index in [1.165, 1.54) is 6.33 Å². The molecule has 1 fully saturated rings. The Hall–Kier alpha value is -3.04. The molecule has 0 amide bonds. The molecule has 2 aromatic heterocycles. The monoisotopic (exact) mass is 438 g/mol. The van der Waals surface area contributed by atoms with E-state index in [4.69, 9.17) is 4.74 Å². The second kappa shape index (κ2) is 8.24. The Labute approximate surface area is 183 Å². The van der Waals surface area contributed by atoms with Crippen molar-refractivity contribution in [2.24, 2.45) is 0 Å². The van der Waals surface area contributed by atoms with Crippen molar-refractivity contribution in [2.75, 3.05) is 37.9 Å². The molecule has 3 heterocycles. The number of nitrogens with zero attached hydrogens (tertiary/aromatic N) is 4. The molecule has 2 aromatic carbocycles. The molecular weight excluding hydrogens is 415 g/mol. The lowest BCUT2D eigenvalue weighted by Gasteiger charge is -2.33. The van der Waals surface area contributed by atoms with Crippen LogP contribution in [0.25, 0.3) is 21.1 Å². The van der Waals surface area contributed by atoms with Crippen molar-refractivity contribution in [3.05, 3.63) is 42.2 Å². The minimum atomic E-state index is -0.949. The highest BCUT2D eigenvalue weighted by Gasteiger charge is 2.28. The number of piperidine rings is 1. The fourth-order valence-electron chi connectivity index (χ4n) is 3.95. The minimum Gasteiger partial charge on any atom is -0.495 e. The fourth-order valence-corrected chi connectivity index (χ4v) is 4.67. The predicted molar refractivity (Wildman–Crippen MR) is 123 cm³/mol. The van der Waals surface area contributed by atoms with Crippen LogP contribution in [0.3, 0.4) is 0 Å². The van der Waals surface area contributed by atoms with Crippen LogP contribution < -0.4 is 15.4 Å². The maximum Gasteiger partial charge on any atom is 0.144 e. The average Bonchev–Trinajstić information content (AvgIpc) is 3.23. The van der Waals surface area contributed by atoms with E-state index in [1.807, 2.05) is 41.7 Å². The quantitative estimate of drug-likeness (QED) is 0.477. The Balaban J connectivity index is 1.50. The van der Waals surface area contributed by atoms with E-state index in [9.17, 15) is 4.39 Å². The first-order valence-corrected chi connectivity index (χ1v) is 11.0. The molecule has 9 heteroatoms. The number of benzene rings is 2. The number of likely N-dealkylation sites (tertiary alicyclic amines) is 1. The van der Waals surface area contributed by atoms with Gasteiger partial charge in [-0.05, 0) is 37.7 Å². The van der Waals surface area contributed by atoms with Gasteiger partial charge in [0, 0.05) is 30.2 Å². The molecule has 0 radical (unpaired) electrons. The lowest BCUT2D eigenvalue weighted by molar-refractivity contribution is 0.149. The molecule has 1 aliphatic heterocycles. The third kappa shape index (κ3) is 3.98. The molecule has 5 rings (SSSR count). The van der Waals surface area contributed by atoms with Gasteiger partial charge in [-0.2, -0.15) is 0 Å². The van der Waals surface area contributed by atoms with Gasteiger partial charge in [0.2, 0.25) is 0 Å². The molecule has 7 nitrogen and oxygen atoms in total. The van der Waals surface area contributed by atoms with Gasteiger partial charge in [0.1, 0.15) is 24.1 Å². The number of hydrogen-bond donors (Lipinski definition) is 2. The van der Waals surface area contributed by atoms with Crippen molar-refractivity contribution in [1.29, 1.82) is 0 Å². The molecular formula is C22H23FN6OS. The molecule has 0 saturated carbocycles. The van der Waals surface area contributed by atoms with E-state index in [0.29, 0.717) is 18.1 Å². The minimum absolute atomic E-state index is 0.266. The molecule has 2 atom stereocenters. The second-order valence-electron chi connectivity index (χ2n) is 7.77. The van der Waals surface area contributed by atoms with E-state index >= 15 is 0 Å². The van der Waals surface area contributed by atoms with Crippen LogP contribution in [0, 0.1) is 0 Å². The summed E-state index contributed by atoms with van der Waals surface area (Å²) in [5.41, 5.74) is 5.21. The largest absolute Gasteiger partial charge is 0.495 e. The first-order valence-electron chi connectivity index (χ1n) is 10.1. The highest BCUT2D eigenvalue weighted by Crippen LogP contribution is 2.35. The van der Waals surface area contributed by atoms with Gasteiger partial charge in [0.15, 0.2) is 0 Å². The number of alkyl halides is 1. The maximum absolute atomic E-state index is 14.6. The number of anilines is 3. The standard InChI is InChI=1S/C22H23FN6OS/c1-29-6-5-16(15(23)10-29)28-19-8-14-18(9-20(19)30-2)24-11-25-22(14)27-13-3-4-17-21(7-13)31-12-26-17/h3-4,7-9,11-12,15-16,28H,5-6,10H2,1-2H3,(H,24,25,27)/t15-,16-/m0/s1. The van der Waals surface area contributed by atoms with E-state index in [-0.39, 0.29) is 6.04 Å². The van der Waals surface area contributed by atoms with E-state index in [2.05, 4.69) is 31.7 Å². The molecule has 1 saturated heterocycles. The molecule has 160 valence electrons. The van der Waals surface area contributed by atoms with Crippen LogP contribution in [-0.2, 0) is 0 Å². The Bertz CT molecular complexity index is 1230. The zero-order chi connectivity index (χ0) is 21.4. The lowest BCUT2D eigenvalue weighted by Crippen LogP contribution is -2.46. The summed E-state index contributed by atoms with van der Waals surface area (Å²) >= 11 is 1.59. The molecule has 0 spiro atoms. The summed E-state index contributed by atoms with van der Waals surface area (Å²) in [6.45, 7) is 1.27. The van der Waals surface area contributed by atoms with Crippen LogP contribution in [0.1, 0.15) is 6.42 Å². The number of thiazole rings is 1. The fraction of sp³-hybridized carbons (Fsp3) is 0.318. The van der Waals surface area contributed by atoms with Crippen molar-refractivity contribution in [3.63, 3.8) is 0 Å². The van der Waals surface area contributed by atoms with Crippen LogP contribution in [0.15, 0.2) is 42.2 Å². The van der Waals surface area contributed by atoms with Gasteiger partial charge >= 0.3 is 0 Å². The lowest BCUT2D eigenvalue weighted by atomic mass is 10.0. The zero-order valence-corrected chi connectivity index (χ0v) is 18.1. The SMILES string of the molecule is COc1cc2ncnc(Nc3ccc4ncsc4c3)c2cc1N[C@H]1CCN(C)C[C@@H]1F. The molecule has 0 unspecified atom stereocenters. The molecule has 2 N–H and O–H groups in total. The first kappa shape index (κ1) is 19.9. The summed E-state index contributed by atoms with van der Waals surface area (Å²) in [6, 6.07) is 9.54. The zero-order valence-electron chi connectivity index (χ0n) is 17.3. The Morgan fingerprint density at radius 1 is 1.16 bits per heavy atom. The van der Waals surface area contributed by atoms with Crippen LogP contribution in [0.2, 0.25) is 0 Å². The molecule has 4 aromatic rings. The van der Waals surface area contributed by atoms with Gasteiger partial charge in [0.25, 0.3) is 0 Å². The van der Waals surface area contributed by atoms with Crippen molar-refractivity contribution in [2.45, 2.75) is 18.6 Å². The third-order valence-corrected chi connectivity index (χ3v) is 6.43. The summed E-state index contributed by atoms with van der Waals surface area (Å²) in [7, 11) is 3.55. The normalized spacial score (nSPS) is 19.6. The van der Waals surface area contributed by atoms with Gasteiger partial charge in [-0.3, -0.25) is 0 Å². The highest BCUT2D eigenvalue weighted by atomic mass is 32.1. The van der Waals surface area contributed by atoms with E-state index in [0.717, 1.165) is 45.5 Å². The molecule has 1 aliphatic rings. The summed E-state index contributed by atoms with van der Waals surface area (Å²) < 4.78 is 21.3. The number of ether oxygens (including phenoxy) is 1. The van der Waals surface area contributed by atoms with E-state index in [1.54, 1.807) is 18.4 Å². The van der Waals surface area contributed by atoms with Gasteiger partial charge in [0.05, 0.1) is 40.1 Å². The highest BCUT2D eigenvalue weighted by molar-refractivity contribution is 7.16. The van der Waals surface area contributed by atoms with Crippen molar-refractivity contribution in [3.8, 4) is 5.75 Å². The number of nitrogens with one attached hydrogen (secondary N) is 2. The van der Waals surface area contributed by atoms with Crippen molar-refractivity contribution >= 4 is 49.6 Å². The van der Waals surface area contributed by atoms with Crippen LogP contribution in [0.5, 0.6) is 5.75 Å². The topological polar surface area (TPSA) is 75.2 Å². The van der Waals surface area contributed by atoms with Gasteiger partial charge in [-0.1, -0.05) is 0 Å². The first-order chi connectivity index (χ1) is 15.1. The smallest absolute Gasteiger partial charge is 0.144 e. The number of rotatable bonds is 5. The number of methoxy groups -OCH3 is 1. The molecule has 31 heavy (non-hydrogen) atoms. The summed E-state index contributed by atoms with van der Waals surface area (Å²) in [5, 5.41) is 7.58. The van der Waals surface area contributed by atoms with Crippen molar-refractivity contribution < 1.29 is 9.13 Å². The van der Waals surface area contributed by atoms with Gasteiger partial charge in [-0.15, -0.1) is 11.3 Å². The predicted octanol–water partition coefficient (Wildman–Crippen LogP) is 4.45. The van der Waals surface area contributed by atoms with Gasteiger partial charge < -0.3 is 20.3 Å². The number of hydrogen-bond acceptors (Lipinski definition) is 8. The summed E-state index contributed by atoms with van der Waals surface area (Å²) in [5.74, 6) is 1.31. The van der Waals surface area contributed by atoms with Crippen LogP contribution >= 0.6 is 11.3 Å². The van der Waals surface area contributed by atoms with E-state index < -0.39 is 6.17 Å². The molecule has 0 bridgehead atoms. The Morgan fingerprint density at radius 2 is 2.06 bits per heavy atom. The maximum atomic E-state index is 14.6. The molecule has 0 aliphatic carbocycles. The summed E-state index contributed by atoms with van der Waals surface area (Å²) in [4.78, 5) is 15.2. The number of fused-ring (bicyclic) bond motifs is 2. The second-order valence-corrected chi connectivity index (χ2v) is 8.66. The number of halogens is 1. The van der Waals surface area contributed by atoms with Crippen LogP contribution in [-0.4, -0.2) is 59.3 Å². The van der Waals surface area contributed by atoms with Gasteiger partial charge in [-0.25, -0.2) is 19.3 Å². The average molecular weight is 439 g/mol. The van der Waals surface area contributed by atoms with Crippen molar-refractivity contribution in [1.82, 2.24) is 19.9 Å².